The number of rotatable bonds is 12. The zero-order valence-electron chi connectivity index (χ0n) is 23.5. The summed E-state index contributed by atoms with van der Waals surface area (Å²) in [5, 5.41) is 10.1. The minimum absolute atomic E-state index is 0.0441. The highest BCUT2D eigenvalue weighted by Gasteiger charge is 2.37. The standard InChI is InChI=1S/C20H25O4P.C14H15NO/c1-2-24-25(21,22)15-20(17-11-12-17)18-9-6-10-19(13-18)23-14-16-7-4-3-5-8-16;15-13(11-7-3-1-4-8-11)14(16)12-9-5-2-6-10-12/h3-10,13,17,20H,2,11-12,14-15H2,1H3,(H,21,22);1-10,13-14,16H,15H2/t20-;13-,14+/m01/s1. The molecule has 0 bridgehead atoms. The molecule has 4 aromatic rings. The van der Waals surface area contributed by atoms with E-state index in [2.05, 4.69) is 0 Å². The Morgan fingerprint density at radius 3 is 1.98 bits per heavy atom. The van der Waals surface area contributed by atoms with Crippen molar-refractivity contribution >= 4 is 7.60 Å². The summed E-state index contributed by atoms with van der Waals surface area (Å²) in [6.45, 7) is 2.51. The van der Waals surface area contributed by atoms with E-state index in [1.54, 1.807) is 6.92 Å². The monoisotopic (exact) mass is 573 g/mol. The van der Waals surface area contributed by atoms with Crippen LogP contribution in [0.25, 0.3) is 0 Å². The average Bonchev–Trinajstić information content (AvgIpc) is 3.86. The quantitative estimate of drug-likeness (QED) is 0.153. The third-order valence-corrected chi connectivity index (χ3v) is 8.67. The molecule has 0 saturated heterocycles. The molecule has 6 nitrogen and oxygen atoms in total. The first kappa shape index (κ1) is 30.7. The second-order valence-corrected chi connectivity index (χ2v) is 12.2. The summed E-state index contributed by atoms with van der Waals surface area (Å²) in [6, 6.07) is 36.7. The molecule has 0 radical (unpaired) electrons. The van der Waals surface area contributed by atoms with Gasteiger partial charge in [0.05, 0.1) is 24.9 Å². The van der Waals surface area contributed by atoms with Gasteiger partial charge in [-0.15, -0.1) is 0 Å². The molecule has 216 valence electrons. The Hall–Kier alpha value is -3.25. The molecule has 0 aromatic heterocycles. The average molecular weight is 574 g/mol. The lowest BCUT2D eigenvalue weighted by Gasteiger charge is -2.21. The molecule has 4 aromatic carbocycles. The topological polar surface area (TPSA) is 102 Å². The summed E-state index contributed by atoms with van der Waals surface area (Å²) in [5.74, 6) is 1.30. The molecule has 1 saturated carbocycles. The molecule has 5 rings (SSSR count). The van der Waals surface area contributed by atoms with Crippen LogP contribution >= 0.6 is 7.60 Å². The number of nitrogens with two attached hydrogens (primary N) is 1. The molecular weight excluding hydrogens is 533 g/mol. The van der Waals surface area contributed by atoms with Crippen molar-refractivity contribution in [2.45, 2.75) is 44.4 Å². The van der Waals surface area contributed by atoms with Gasteiger partial charge >= 0.3 is 7.60 Å². The van der Waals surface area contributed by atoms with Gasteiger partial charge in [-0.1, -0.05) is 103 Å². The van der Waals surface area contributed by atoms with Crippen molar-refractivity contribution in [2.75, 3.05) is 12.8 Å². The first-order valence-corrected chi connectivity index (χ1v) is 15.9. The summed E-state index contributed by atoms with van der Waals surface area (Å²) in [6.07, 6.45) is 1.72. The number of hydrogen-bond donors (Lipinski definition) is 3. The second-order valence-electron chi connectivity index (χ2n) is 10.3. The molecule has 4 N–H and O–H groups in total. The number of ether oxygens (including phenoxy) is 1. The van der Waals surface area contributed by atoms with E-state index in [4.69, 9.17) is 15.0 Å². The van der Waals surface area contributed by atoms with Crippen molar-refractivity contribution in [3.8, 4) is 5.75 Å². The predicted octanol–water partition coefficient (Wildman–Crippen LogP) is 7.40. The lowest BCUT2D eigenvalue weighted by Crippen LogP contribution is -2.19. The van der Waals surface area contributed by atoms with Crippen LogP contribution in [0.1, 0.15) is 60.1 Å². The van der Waals surface area contributed by atoms with E-state index in [-0.39, 0.29) is 24.7 Å². The Balaban J connectivity index is 0.000000208. The third kappa shape index (κ3) is 9.67. The van der Waals surface area contributed by atoms with Gasteiger partial charge in [-0.3, -0.25) is 4.57 Å². The van der Waals surface area contributed by atoms with Crippen molar-refractivity contribution in [1.29, 1.82) is 0 Å². The molecule has 0 aliphatic heterocycles. The molecule has 1 unspecified atom stereocenters. The van der Waals surface area contributed by atoms with Crippen molar-refractivity contribution in [1.82, 2.24) is 0 Å². The molecule has 0 amide bonds. The zero-order valence-corrected chi connectivity index (χ0v) is 24.4. The maximum Gasteiger partial charge on any atom is 0.328 e. The van der Waals surface area contributed by atoms with Crippen LogP contribution in [0.15, 0.2) is 115 Å². The Bertz CT molecular complexity index is 1320. The molecule has 0 heterocycles. The Kier molecular flexibility index (Phi) is 11.3. The first-order valence-electron chi connectivity index (χ1n) is 14.1. The summed E-state index contributed by atoms with van der Waals surface area (Å²) in [7, 11) is -3.55. The highest BCUT2D eigenvalue weighted by atomic mass is 31.2. The molecule has 0 spiro atoms. The van der Waals surface area contributed by atoms with Gasteiger partial charge in [0.15, 0.2) is 0 Å². The van der Waals surface area contributed by atoms with E-state index in [0.717, 1.165) is 40.8 Å². The number of aliphatic hydroxyl groups is 1. The smallest absolute Gasteiger partial charge is 0.328 e. The zero-order chi connectivity index (χ0) is 29.1. The van der Waals surface area contributed by atoms with Crippen LogP contribution in [0.2, 0.25) is 0 Å². The van der Waals surface area contributed by atoms with Crippen LogP contribution in [-0.4, -0.2) is 22.8 Å². The second kappa shape index (κ2) is 15.1. The fourth-order valence-electron chi connectivity index (χ4n) is 4.82. The van der Waals surface area contributed by atoms with Gasteiger partial charge in [0.2, 0.25) is 0 Å². The van der Waals surface area contributed by atoms with E-state index < -0.39 is 13.7 Å². The number of hydrogen-bond acceptors (Lipinski definition) is 5. The first-order chi connectivity index (χ1) is 19.9. The van der Waals surface area contributed by atoms with Gasteiger partial charge in [-0.2, -0.15) is 0 Å². The Labute approximate surface area is 243 Å². The SMILES string of the molecule is CCOP(=O)(O)C[C@H](c1cccc(OCc2ccccc2)c1)C1CC1.N[C@H](c1ccccc1)[C@@H](O)c1ccccc1. The largest absolute Gasteiger partial charge is 0.489 e. The molecule has 4 atom stereocenters. The normalized spacial score (nSPS) is 16.4. The van der Waals surface area contributed by atoms with Crippen LogP contribution < -0.4 is 10.5 Å². The van der Waals surface area contributed by atoms with Gasteiger partial charge < -0.3 is 25.0 Å². The molecule has 1 aliphatic rings. The van der Waals surface area contributed by atoms with E-state index in [1.165, 1.54) is 0 Å². The minimum Gasteiger partial charge on any atom is -0.489 e. The summed E-state index contributed by atoms with van der Waals surface area (Å²) in [4.78, 5) is 10.0. The summed E-state index contributed by atoms with van der Waals surface area (Å²) < 4.78 is 23.2. The minimum atomic E-state index is -3.55. The van der Waals surface area contributed by atoms with Crippen molar-refractivity contribution in [2.24, 2.45) is 11.7 Å². The Morgan fingerprint density at radius 2 is 1.39 bits per heavy atom. The summed E-state index contributed by atoms with van der Waals surface area (Å²) in [5.41, 5.74) is 9.98. The molecule has 1 fully saturated rings. The van der Waals surface area contributed by atoms with E-state index in [9.17, 15) is 14.6 Å². The number of aliphatic hydroxyl groups excluding tert-OH is 1. The van der Waals surface area contributed by atoms with E-state index in [1.807, 2.05) is 115 Å². The van der Waals surface area contributed by atoms with Crippen LogP contribution in [0, 0.1) is 5.92 Å². The van der Waals surface area contributed by atoms with Crippen LogP contribution in [-0.2, 0) is 15.7 Å². The predicted molar refractivity (Wildman–Crippen MR) is 164 cm³/mol. The van der Waals surface area contributed by atoms with Crippen LogP contribution in [0.3, 0.4) is 0 Å². The van der Waals surface area contributed by atoms with Crippen molar-refractivity contribution < 1.29 is 23.8 Å². The Morgan fingerprint density at radius 1 is 0.829 bits per heavy atom. The van der Waals surface area contributed by atoms with E-state index in [0.29, 0.717) is 12.5 Å². The van der Waals surface area contributed by atoms with Crippen molar-refractivity contribution in [3.05, 3.63) is 138 Å². The lowest BCUT2D eigenvalue weighted by atomic mass is 9.96. The number of benzene rings is 4. The van der Waals surface area contributed by atoms with Gasteiger partial charge in [0.1, 0.15) is 12.4 Å². The van der Waals surface area contributed by atoms with Gasteiger partial charge in [0.25, 0.3) is 0 Å². The van der Waals surface area contributed by atoms with Crippen LogP contribution in [0.5, 0.6) is 5.75 Å². The molecule has 7 heteroatoms. The van der Waals surface area contributed by atoms with Gasteiger partial charge in [-0.25, -0.2) is 0 Å². The third-order valence-electron chi connectivity index (χ3n) is 7.15. The highest BCUT2D eigenvalue weighted by molar-refractivity contribution is 7.52. The summed E-state index contributed by atoms with van der Waals surface area (Å²) >= 11 is 0. The van der Waals surface area contributed by atoms with E-state index >= 15 is 0 Å². The van der Waals surface area contributed by atoms with Crippen LogP contribution in [0.4, 0.5) is 0 Å². The molecule has 1 aliphatic carbocycles. The van der Waals surface area contributed by atoms with Gasteiger partial charge in [0, 0.05) is 0 Å². The fraction of sp³-hybridized carbons (Fsp3) is 0.294. The fourth-order valence-corrected chi connectivity index (χ4v) is 6.33. The lowest BCUT2D eigenvalue weighted by molar-refractivity contribution is 0.147. The molecular formula is C34H40NO5P. The maximum atomic E-state index is 12.2. The molecule has 41 heavy (non-hydrogen) atoms. The van der Waals surface area contributed by atoms with Crippen molar-refractivity contribution in [3.63, 3.8) is 0 Å². The maximum absolute atomic E-state index is 12.2. The highest BCUT2D eigenvalue weighted by Crippen LogP contribution is 2.53. The van der Waals surface area contributed by atoms with Gasteiger partial charge in [-0.05, 0) is 66.0 Å².